The number of nitrogens with zero attached hydrogens (tertiary/aromatic N) is 1. The lowest BCUT2D eigenvalue weighted by atomic mass is 10.3. The number of aryl methyl sites for hydroxylation is 1. The Kier molecular flexibility index (Phi) is 2.24. The molecule has 0 amide bonds. The van der Waals surface area contributed by atoms with Crippen LogP contribution in [0.25, 0.3) is 11.0 Å². The molecule has 2 heterocycles. The molecule has 12 heavy (non-hydrogen) atoms. The summed E-state index contributed by atoms with van der Waals surface area (Å²) in [5.41, 5.74) is 8.27. The fourth-order valence-corrected chi connectivity index (χ4v) is 1.17. The maximum Gasteiger partial charge on any atom is 0.137 e. The third-order valence-electron chi connectivity index (χ3n) is 1.63. The second-order valence-corrected chi connectivity index (χ2v) is 2.66. The number of anilines is 1. The van der Waals surface area contributed by atoms with Gasteiger partial charge in [-0.2, -0.15) is 0 Å². The maximum atomic E-state index is 5.56. The van der Waals surface area contributed by atoms with Crippen molar-refractivity contribution in [1.82, 2.24) is 9.97 Å². The molecule has 0 aliphatic carbocycles. The molecule has 64 valence electrons. The summed E-state index contributed by atoms with van der Waals surface area (Å²) in [6, 6.07) is 3.94. The largest absolute Gasteiger partial charge is 0.397 e. The van der Waals surface area contributed by atoms with E-state index in [-0.39, 0.29) is 12.4 Å². The number of aromatic amines is 1. The Bertz CT molecular complexity index is 394. The van der Waals surface area contributed by atoms with E-state index in [1.807, 2.05) is 19.1 Å². The van der Waals surface area contributed by atoms with E-state index in [2.05, 4.69) is 9.97 Å². The molecule has 2 rings (SSSR count). The first-order valence-corrected chi connectivity index (χ1v) is 3.46. The van der Waals surface area contributed by atoms with Crippen LogP contribution in [-0.4, -0.2) is 9.97 Å². The maximum absolute atomic E-state index is 5.56. The molecule has 0 atom stereocenters. The SMILES string of the molecule is Cc1cc2cc(N)cnc2[nH]1.Cl. The molecule has 2 aromatic heterocycles. The number of pyridine rings is 1. The van der Waals surface area contributed by atoms with Crippen molar-refractivity contribution in [2.24, 2.45) is 0 Å². The highest BCUT2D eigenvalue weighted by atomic mass is 35.5. The number of nitrogens with one attached hydrogen (secondary N) is 1. The molecule has 0 aliphatic heterocycles. The highest BCUT2D eigenvalue weighted by Crippen LogP contribution is 2.14. The van der Waals surface area contributed by atoms with E-state index >= 15 is 0 Å². The highest BCUT2D eigenvalue weighted by Gasteiger charge is 1.97. The first-order valence-electron chi connectivity index (χ1n) is 3.46. The van der Waals surface area contributed by atoms with Gasteiger partial charge in [-0.25, -0.2) is 4.98 Å². The predicted octanol–water partition coefficient (Wildman–Crippen LogP) is 1.88. The van der Waals surface area contributed by atoms with Crippen molar-refractivity contribution < 1.29 is 0 Å². The lowest BCUT2D eigenvalue weighted by Gasteiger charge is -1.89. The summed E-state index contributed by atoms with van der Waals surface area (Å²) >= 11 is 0. The fourth-order valence-electron chi connectivity index (χ4n) is 1.17. The van der Waals surface area contributed by atoms with Gasteiger partial charge in [0.2, 0.25) is 0 Å². The van der Waals surface area contributed by atoms with Gasteiger partial charge in [0.1, 0.15) is 5.65 Å². The standard InChI is InChI=1S/C8H9N3.ClH/c1-5-2-6-3-7(9)4-10-8(6)11-5;/h2-4H,9H2,1H3,(H,10,11);1H. The van der Waals surface area contributed by atoms with Gasteiger partial charge in [0, 0.05) is 11.1 Å². The molecule has 0 fully saturated rings. The van der Waals surface area contributed by atoms with Crippen LogP contribution in [0.2, 0.25) is 0 Å². The molecular weight excluding hydrogens is 174 g/mol. The number of aromatic nitrogens is 2. The van der Waals surface area contributed by atoms with Crippen molar-refractivity contribution >= 4 is 29.1 Å². The van der Waals surface area contributed by atoms with Crippen LogP contribution in [0.3, 0.4) is 0 Å². The van der Waals surface area contributed by atoms with Crippen molar-refractivity contribution in [1.29, 1.82) is 0 Å². The zero-order valence-corrected chi connectivity index (χ0v) is 7.48. The number of hydrogen-bond acceptors (Lipinski definition) is 2. The second kappa shape index (κ2) is 3.03. The van der Waals surface area contributed by atoms with Crippen molar-refractivity contribution in [2.45, 2.75) is 6.92 Å². The van der Waals surface area contributed by atoms with Crippen LogP contribution in [0.15, 0.2) is 18.3 Å². The third-order valence-corrected chi connectivity index (χ3v) is 1.63. The van der Waals surface area contributed by atoms with Gasteiger partial charge in [-0.1, -0.05) is 0 Å². The van der Waals surface area contributed by atoms with E-state index in [1.165, 1.54) is 0 Å². The van der Waals surface area contributed by atoms with E-state index in [0.29, 0.717) is 5.69 Å². The van der Waals surface area contributed by atoms with Crippen molar-refractivity contribution in [3.05, 3.63) is 24.0 Å². The van der Waals surface area contributed by atoms with E-state index in [1.54, 1.807) is 6.20 Å². The lowest BCUT2D eigenvalue weighted by molar-refractivity contribution is 1.25. The Morgan fingerprint density at radius 3 is 2.92 bits per heavy atom. The summed E-state index contributed by atoms with van der Waals surface area (Å²) in [6.45, 7) is 2.00. The van der Waals surface area contributed by atoms with Crippen LogP contribution in [0, 0.1) is 6.92 Å². The molecule has 4 heteroatoms. The van der Waals surface area contributed by atoms with E-state index in [0.717, 1.165) is 16.7 Å². The van der Waals surface area contributed by atoms with Crippen LogP contribution in [0.5, 0.6) is 0 Å². The van der Waals surface area contributed by atoms with Gasteiger partial charge in [-0.3, -0.25) is 0 Å². The number of nitrogen functional groups attached to an aromatic ring is 1. The summed E-state index contributed by atoms with van der Waals surface area (Å²) in [5.74, 6) is 0. The van der Waals surface area contributed by atoms with Crippen LogP contribution in [0.1, 0.15) is 5.69 Å². The Morgan fingerprint density at radius 1 is 1.42 bits per heavy atom. The zero-order chi connectivity index (χ0) is 7.84. The van der Waals surface area contributed by atoms with Gasteiger partial charge in [0.25, 0.3) is 0 Å². The minimum Gasteiger partial charge on any atom is -0.397 e. The molecule has 0 radical (unpaired) electrons. The normalized spacial score (nSPS) is 9.75. The average molecular weight is 184 g/mol. The number of fused-ring (bicyclic) bond motifs is 1. The van der Waals surface area contributed by atoms with Crippen molar-refractivity contribution in [2.75, 3.05) is 5.73 Å². The van der Waals surface area contributed by atoms with Crippen molar-refractivity contribution in [3.63, 3.8) is 0 Å². The van der Waals surface area contributed by atoms with Crippen LogP contribution >= 0.6 is 12.4 Å². The number of halogens is 1. The molecule has 0 bridgehead atoms. The molecule has 3 N–H and O–H groups in total. The van der Waals surface area contributed by atoms with E-state index in [9.17, 15) is 0 Å². The summed E-state index contributed by atoms with van der Waals surface area (Å²) in [5, 5.41) is 1.07. The number of nitrogens with two attached hydrogens (primary N) is 1. The Morgan fingerprint density at radius 2 is 2.17 bits per heavy atom. The van der Waals surface area contributed by atoms with E-state index < -0.39 is 0 Å². The molecule has 0 aliphatic rings. The third kappa shape index (κ3) is 1.36. The van der Waals surface area contributed by atoms with Crippen LogP contribution < -0.4 is 5.73 Å². The van der Waals surface area contributed by atoms with Crippen LogP contribution in [0.4, 0.5) is 5.69 Å². The smallest absolute Gasteiger partial charge is 0.137 e. The molecule has 0 unspecified atom stereocenters. The number of hydrogen-bond donors (Lipinski definition) is 2. The lowest BCUT2D eigenvalue weighted by Crippen LogP contribution is -1.85. The monoisotopic (exact) mass is 183 g/mol. The molecular formula is C8H10ClN3. The minimum atomic E-state index is 0. The zero-order valence-electron chi connectivity index (χ0n) is 6.66. The Labute approximate surface area is 76.4 Å². The first kappa shape index (κ1) is 8.87. The van der Waals surface area contributed by atoms with Gasteiger partial charge in [-0.05, 0) is 19.1 Å². The van der Waals surface area contributed by atoms with Gasteiger partial charge in [-0.15, -0.1) is 12.4 Å². The summed E-state index contributed by atoms with van der Waals surface area (Å²) in [6.07, 6.45) is 1.65. The summed E-state index contributed by atoms with van der Waals surface area (Å²) in [7, 11) is 0. The molecule has 3 nitrogen and oxygen atoms in total. The van der Waals surface area contributed by atoms with Gasteiger partial charge < -0.3 is 10.7 Å². The van der Waals surface area contributed by atoms with Gasteiger partial charge in [0.05, 0.1) is 11.9 Å². The molecule has 0 saturated carbocycles. The quantitative estimate of drug-likeness (QED) is 0.655. The average Bonchev–Trinajstić information content (AvgIpc) is 2.27. The fraction of sp³-hybridized carbons (Fsp3) is 0.125. The molecule has 2 aromatic rings. The summed E-state index contributed by atoms with van der Waals surface area (Å²) < 4.78 is 0. The predicted molar refractivity (Wildman–Crippen MR) is 52.5 cm³/mol. The minimum absolute atomic E-state index is 0. The van der Waals surface area contributed by atoms with Gasteiger partial charge in [0.15, 0.2) is 0 Å². The highest BCUT2D eigenvalue weighted by molar-refractivity contribution is 5.85. The second-order valence-electron chi connectivity index (χ2n) is 2.66. The number of rotatable bonds is 0. The van der Waals surface area contributed by atoms with Crippen LogP contribution in [-0.2, 0) is 0 Å². The van der Waals surface area contributed by atoms with Crippen molar-refractivity contribution in [3.8, 4) is 0 Å². The molecule has 0 saturated heterocycles. The molecule has 0 aromatic carbocycles. The molecule has 0 spiro atoms. The van der Waals surface area contributed by atoms with E-state index in [4.69, 9.17) is 5.73 Å². The first-order chi connectivity index (χ1) is 5.25. The van der Waals surface area contributed by atoms with Gasteiger partial charge >= 0.3 is 0 Å². The Hall–Kier alpha value is -1.22. The summed E-state index contributed by atoms with van der Waals surface area (Å²) in [4.78, 5) is 7.24. The number of H-pyrrole nitrogens is 1. The Balaban J connectivity index is 0.000000720. The topological polar surface area (TPSA) is 54.7 Å².